The van der Waals surface area contributed by atoms with Crippen molar-refractivity contribution in [1.29, 1.82) is 0 Å². The van der Waals surface area contributed by atoms with Crippen molar-refractivity contribution in [3.05, 3.63) is 23.9 Å². The summed E-state index contributed by atoms with van der Waals surface area (Å²) >= 11 is 0. The molecular weight excluding hydrogens is 124 g/mol. The number of ether oxygens (including phenoxy) is 1. The molecule has 4 heteroatoms. The van der Waals surface area contributed by atoms with Crippen LogP contribution in [0.1, 0.15) is 0 Å². The van der Waals surface area contributed by atoms with Crippen LogP contribution in [0.25, 0.3) is 0 Å². The summed E-state index contributed by atoms with van der Waals surface area (Å²) in [5, 5.41) is 25.7. The topological polar surface area (TPSA) is 69.9 Å². The van der Waals surface area contributed by atoms with Crippen LogP contribution >= 0.6 is 0 Å². The van der Waals surface area contributed by atoms with Crippen molar-refractivity contribution in [1.82, 2.24) is 0 Å². The van der Waals surface area contributed by atoms with Gasteiger partial charge in [-0.25, -0.2) is 0 Å². The Kier molecular flexibility index (Phi) is 1.32. The number of hydrogen-bond donors (Lipinski definition) is 3. The Morgan fingerprint density at radius 3 is 2.56 bits per heavy atom. The van der Waals surface area contributed by atoms with Crippen LogP contribution in [0.4, 0.5) is 0 Å². The Morgan fingerprint density at radius 1 is 1.44 bits per heavy atom. The predicted octanol–water partition coefficient (Wildman–Crippen LogP) is 0.176. The molecule has 1 heterocycles. The van der Waals surface area contributed by atoms with E-state index in [1.54, 1.807) is 0 Å². The minimum atomic E-state index is -1.15. The van der Waals surface area contributed by atoms with E-state index in [0.717, 1.165) is 6.08 Å². The molecule has 0 saturated carbocycles. The highest BCUT2D eigenvalue weighted by molar-refractivity contribution is 5.14. The molecule has 0 aromatic heterocycles. The molecule has 0 saturated heterocycles. The first kappa shape index (κ1) is 5.97. The standard InChI is InChI=1S/C5H6O4/c6-3-1-2-4(7)9-5(3)8/h1-2,4,6-8H. The number of rotatable bonds is 0. The second-order valence-electron chi connectivity index (χ2n) is 1.56. The van der Waals surface area contributed by atoms with Crippen LogP contribution in [0, 0.1) is 0 Å². The van der Waals surface area contributed by atoms with E-state index in [4.69, 9.17) is 15.3 Å². The third kappa shape index (κ3) is 1.14. The normalized spacial score (nSPS) is 26.1. The van der Waals surface area contributed by atoms with Crippen molar-refractivity contribution in [2.75, 3.05) is 0 Å². The van der Waals surface area contributed by atoms with Crippen LogP contribution in [0.3, 0.4) is 0 Å². The van der Waals surface area contributed by atoms with E-state index in [1.165, 1.54) is 6.08 Å². The van der Waals surface area contributed by atoms with Gasteiger partial charge in [0.2, 0.25) is 6.29 Å². The predicted molar refractivity (Wildman–Crippen MR) is 28.5 cm³/mol. The molecule has 1 unspecified atom stereocenters. The molecule has 0 aromatic carbocycles. The first-order valence-electron chi connectivity index (χ1n) is 2.35. The molecule has 0 aromatic rings. The third-order valence-corrected chi connectivity index (χ3v) is 0.870. The van der Waals surface area contributed by atoms with E-state index >= 15 is 0 Å². The molecule has 0 spiro atoms. The summed E-state index contributed by atoms with van der Waals surface area (Å²) in [6.07, 6.45) is 1.21. The van der Waals surface area contributed by atoms with Gasteiger partial charge in [0, 0.05) is 0 Å². The molecule has 0 fully saturated rings. The molecule has 50 valence electrons. The monoisotopic (exact) mass is 130 g/mol. The van der Waals surface area contributed by atoms with Gasteiger partial charge in [-0.05, 0) is 12.2 Å². The second kappa shape index (κ2) is 1.99. The van der Waals surface area contributed by atoms with E-state index in [2.05, 4.69) is 4.74 Å². The van der Waals surface area contributed by atoms with Gasteiger partial charge in [0.25, 0.3) is 0 Å². The molecule has 1 aliphatic rings. The molecule has 1 aliphatic heterocycles. The summed E-state index contributed by atoms with van der Waals surface area (Å²) in [7, 11) is 0. The van der Waals surface area contributed by atoms with Gasteiger partial charge in [0.1, 0.15) is 0 Å². The van der Waals surface area contributed by atoms with Crippen LogP contribution in [0.2, 0.25) is 0 Å². The van der Waals surface area contributed by atoms with Gasteiger partial charge >= 0.3 is 5.95 Å². The van der Waals surface area contributed by atoms with Crippen LogP contribution in [-0.2, 0) is 4.74 Å². The summed E-state index contributed by atoms with van der Waals surface area (Å²) in [6.45, 7) is 0. The fourth-order valence-corrected chi connectivity index (χ4v) is 0.459. The smallest absolute Gasteiger partial charge is 0.323 e. The zero-order valence-electron chi connectivity index (χ0n) is 4.48. The zero-order chi connectivity index (χ0) is 6.85. The third-order valence-electron chi connectivity index (χ3n) is 0.870. The molecule has 3 N–H and O–H groups in total. The minimum absolute atomic E-state index is 0.375. The highest BCUT2D eigenvalue weighted by Gasteiger charge is 2.12. The van der Waals surface area contributed by atoms with Crippen molar-refractivity contribution in [2.24, 2.45) is 0 Å². The van der Waals surface area contributed by atoms with Crippen molar-refractivity contribution in [3.8, 4) is 0 Å². The second-order valence-corrected chi connectivity index (χ2v) is 1.56. The molecule has 4 nitrogen and oxygen atoms in total. The van der Waals surface area contributed by atoms with Crippen LogP contribution in [0.5, 0.6) is 0 Å². The molecule has 9 heavy (non-hydrogen) atoms. The van der Waals surface area contributed by atoms with Crippen molar-refractivity contribution >= 4 is 0 Å². The summed E-state index contributed by atoms with van der Waals surface area (Å²) in [5.41, 5.74) is 0. The van der Waals surface area contributed by atoms with Gasteiger partial charge in [-0.15, -0.1) is 0 Å². The largest absolute Gasteiger partial charge is 0.502 e. The van der Waals surface area contributed by atoms with Gasteiger partial charge in [-0.2, -0.15) is 0 Å². The average Bonchev–Trinajstić information content (AvgIpc) is 1.80. The first-order valence-corrected chi connectivity index (χ1v) is 2.35. The molecule has 1 rings (SSSR count). The summed E-state index contributed by atoms with van der Waals surface area (Å²) in [4.78, 5) is 0. The van der Waals surface area contributed by atoms with Gasteiger partial charge in [-0.1, -0.05) is 0 Å². The lowest BCUT2D eigenvalue weighted by atomic mass is 10.4. The minimum Gasteiger partial charge on any atom is -0.502 e. The Morgan fingerprint density at radius 2 is 2.11 bits per heavy atom. The van der Waals surface area contributed by atoms with Gasteiger partial charge in [-0.3, -0.25) is 0 Å². The quantitative estimate of drug-likeness (QED) is 0.437. The lowest BCUT2D eigenvalue weighted by Gasteiger charge is -2.12. The Bertz CT molecular complexity index is 170. The molecule has 0 aliphatic carbocycles. The maximum absolute atomic E-state index is 8.60. The number of hydrogen-bond acceptors (Lipinski definition) is 4. The SMILES string of the molecule is OC1=C(O)OC(O)C=C1. The fraction of sp³-hybridized carbons (Fsp3) is 0.200. The Labute approximate surface area is 51.3 Å². The summed E-state index contributed by atoms with van der Waals surface area (Å²) in [5.74, 6) is -1.02. The number of aliphatic hydroxyl groups excluding tert-OH is 3. The molecule has 0 amide bonds. The van der Waals surface area contributed by atoms with Crippen molar-refractivity contribution < 1.29 is 20.1 Å². The Hall–Kier alpha value is -1.16. The van der Waals surface area contributed by atoms with Crippen LogP contribution in [0.15, 0.2) is 23.9 Å². The van der Waals surface area contributed by atoms with Crippen molar-refractivity contribution in [3.63, 3.8) is 0 Å². The molecule has 1 atom stereocenters. The molecule has 0 radical (unpaired) electrons. The highest BCUT2D eigenvalue weighted by Crippen LogP contribution is 2.10. The van der Waals surface area contributed by atoms with Crippen LogP contribution < -0.4 is 0 Å². The number of allylic oxidation sites excluding steroid dienone is 1. The maximum atomic E-state index is 8.60. The van der Waals surface area contributed by atoms with Crippen molar-refractivity contribution in [2.45, 2.75) is 6.29 Å². The van der Waals surface area contributed by atoms with Gasteiger partial charge in [0.15, 0.2) is 5.76 Å². The zero-order valence-corrected chi connectivity index (χ0v) is 4.48. The van der Waals surface area contributed by atoms with Crippen LogP contribution in [-0.4, -0.2) is 21.6 Å². The molecular formula is C5H6O4. The Balaban J connectivity index is 2.75. The van der Waals surface area contributed by atoms with E-state index in [-0.39, 0.29) is 5.76 Å². The first-order chi connectivity index (χ1) is 4.20. The molecule has 0 bridgehead atoms. The lowest BCUT2D eigenvalue weighted by Crippen LogP contribution is -2.12. The lowest BCUT2D eigenvalue weighted by molar-refractivity contribution is -0.0776. The van der Waals surface area contributed by atoms with E-state index in [1.807, 2.05) is 0 Å². The number of aliphatic hydroxyl groups is 3. The van der Waals surface area contributed by atoms with E-state index in [0.29, 0.717) is 0 Å². The van der Waals surface area contributed by atoms with E-state index < -0.39 is 12.2 Å². The fourth-order valence-electron chi connectivity index (χ4n) is 0.459. The summed E-state index contributed by atoms with van der Waals surface area (Å²) in [6, 6.07) is 0. The average molecular weight is 130 g/mol. The summed E-state index contributed by atoms with van der Waals surface area (Å²) < 4.78 is 4.25. The van der Waals surface area contributed by atoms with E-state index in [9.17, 15) is 0 Å². The maximum Gasteiger partial charge on any atom is 0.323 e. The van der Waals surface area contributed by atoms with Gasteiger partial charge in [0.05, 0.1) is 0 Å². The highest BCUT2D eigenvalue weighted by atomic mass is 16.7. The van der Waals surface area contributed by atoms with Gasteiger partial charge < -0.3 is 20.1 Å².